The van der Waals surface area contributed by atoms with Gasteiger partial charge in [0.2, 0.25) is 0 Å². The van der Waals surface area contributed by atoms with Gasteiger partial charge in [0.15, 0.2) is 5.76 Å². The number of carbonyl (C=O) groups is 1. The average molecular weight is 238 g/mol. The van der Waals surface area contributed by atoms with Crippen molar-refractivity contribution in [1.29, 1.82) is 0 Å². The Bertz CT molecular complexity index is 356. The molecule has 1 heterocycles. The highest BCUT2D eigenvalue weighted by Gasteiger charge is 2.18. The quantitative estimate of drug-likeness (QED) is 0.799. The summed E-state index contributed by atoms with van der Waals surface area (Å²) in [5.41, 5.74) is 5.43. The topological polar surface area (TPSA) is 68.3 Å². The van der Waals surface area contributed by atoms with Crippen molar-refractivity contribution in [1.82, 2.24) is 5.32 Å². The summed E-state index contributed by atoms with van der Waals surface area (Å²) in [7, 11) is 0. The van der Waals surface area contributed by atoms with Gasteiger partial charge in [-0.05, 0) is 25.0 Å². The van der Waals surface area contributed by atoms with Crippen LogP contribution in [-0.4, -0.2) is 11.9 Å². The van der Waals surface area contributed by atoms with Crippen molar-refractivity contribution in [3.05, 3.63) is 23.7 Å². The van der Waals surface area contributed by atoms with Gasteiger partial charge in [0.1, 0.15) is 5.76 Å². The van der Waals surface area contributed by atoms with Crippen LogP contribution in [0.25, 0.3) is 0 Å². The fraction of sp³-hybridized carbons (Fsp3) is 0.615. The van der Waals surface area contributed by atoms with Crippen LogP contribution >= 0.6 is 0 Å². The van der Waals surface area contributed by atoms with Crippen LogP contribution in [0.1, 0.15) is 49.9 Å². The van der Waals surface area contributed by atoms with Crippen molar-refractivity contribution in [3.63, 3.8) is 0 Å². The van der Waals surface area contributed by atoms with Gasteiger partial charge < -0.3 is 15.5 Å². The molecule has 1 aromatic heterocycles. The Balaban J connectivity index is 2.59. The van der Waals surface area contributed by atoms with E-state index >= 15 is 0 Å². The maximum atomic E-state index is 11.9. The van der Waals surface area contributed by atoms with E-state index in [1.54, 1.807) is 12.1 Å². The Morgan fingerprint density at radius 1 is 1.41 bits per heavy atom. The minimum absolute atomic E-state index is 0.156. The standard InChI is InChI=1S/C13H22N2O2/c1-4-10(5-2)9(3)15-13(16)12-7-6-11(8-14)17-12/h6-7,9-10H,4-5,8,14H2,1-3H3,(H,15,16). The molecule has 1 unspecified atom stereocenters. The van der Waals surface area contributed by atoms with E-state index in [2.05, 4.69) is 19.2 Å². The summed E-state index contributed by atoms with van der Waals surface area (Å²) < 4.78 is 5.31. The van der Waals surface area contributed by atoms with E-state index in [9.17, 15) is 4.79 Å². The molecule has 0 fully saturated rings. The molecule has 0 bridgehead atoms. The fourth-order valence-corrected chi connectivity index (χ4v) is 2.00. The zero-order valence-corrected chi connectivity index (χ0v) is 10.8. The van der Waals surface area contributed by atoms with Crippen molar-refractivity contribution >= 4 is 5.91 Å². The van der Waals surface area contributed by atoms with Crippen LogP contribution in [0.4, 0.5) is 0 Å². The van der Waals surface area contributed by atoms with Crippen molar-refractivity contribution < 1.29 is 9.21 Å². The molecule has 0 saturated carbocycles. The highest BCUT2D eigenvalue weighted by molar-refractivity contribution is 5.91. The molecule has 96 valence electrons. The lowest BCUT2D eigenvalue weighted by molar-refractivity contribution is 0.0895. The monoisotopic (exact) mass is 238 g/mol. The van der Waals surface area contributed by atoms with Crippen LogP contribution in [0, 0.1) is 5.92 Å². The zero-order valence-electron chi connectivity index (χ0n) is 10.8. The maximum absolute atomic E-state index is 11.9. The second-order valence-corrected chi connectivity index (χ2v) is 4.31. The van der Waals surface area contributed by atoms with E-state index in [0.717, 1.165) is 12.8 Å². The Labute approximate surface area is 103 Å². The lowest BCUT2D eigenvalue weighted by atomic mass is 9.95. The average Bonchev–Trinajstić information content (AvgIpc) is 2.79. The van der Waals surface area contributed by atoms with Gasteiger partial charge in [-0.15, -0.1) is 0 Å². The van der Waals surface area contributed by atoms with Gasteiger partial charge in [-0.25, -0.2) is 0 Å². The second kappa shape index (κ2) is 6.45. The predicted octanol–water partition coefficient (Wildman–Crippen LogP) is 2.29. The van der Waals surface area contributed by atoms with Crippen LogP contribution in [0.5, 0.6) is 0 Å². The van der Waals surface area contributed by atoms with Gasteiger partial charge >= 0.3 is 0 Å². The van der Waals surface area contributed by atoms with E-state index in [0.29, 0.717) is 24.0 Å². The lowest BCUT2D eigenvalue weighted by Crippen LogP contribution is -2.37. The number of rotatable bonds is 6. The Morgan fingerprint density at radius 2 is 2.06 bits per heavy atom. The smallest absolute Gasteiger partial charge is 0.287 e. The SMILES string of the molecule is CCC(CC)C(C)NC(=O)c1ccc(CN)o1. The number of carbonyl (C=O) groups excluding carboxylic acids is 1. The van der Waals surface area contributed by atoms with Crippen LogP contribution in [0.3, 0.4) is 0 Å². The van der Waals surface area contributed by atoms with Gasteiger partial charge in [0.25, 0.3) is 5.91 Å². The van der Waals surface area contributed by atoms with Gasteiger partial charge in [0.05, 0.1) is 6.54 Å². The molecule has 1 rings (SSSR count). The fourth-order valence-electron chi connectivity index (χ4n) is 2.00. The minimum Gasteiger partial charge on any atom is -0.455 e. The molecule has 0 aliphatic heterocycles. The number of nitrogens with two attached hydrogens (primary N) is 1. The first-order valence-corrected chi connectivity index (χ1v) is 6.21. The lowest BCUT2D eigenvalue weighted by Gasteiger charge is -2.21. The summed E-state index contributed by atoms with van der Waals surface area (Å²) in [4.78, 5) is 11.9. The Morgan fingerprint density at radius 3 is 2.53 bits per heavy atom. The summed E-state index contributed by atoms with van der Waals surface area (Å²) >= 11 is 0. The van der Waals surface area contributed by atoms with Crippen molar-refractivity contribution in [2.45, 2.75) is 46.2 Å². The molecule has 0 saturated heterocycles. The highest BCUT2D eigenvalue weighted by Crippen LogP contribution is 2.14. The molecule has 1 amide bonds. The summed E-state index contributed by atoms with van der Waals surface area (Å²) in [6.45, 7) is 6.62. The summed E-state index contributed by atoms with van der Waals surface area (Å²) in [6.07, 6.45) is 2.12. The molecule has 1 aromatic rings. The minimum atomic E-state index is -0.163. The third-order valence-corrected chi connectivity index (χ3v) is 3.20. The van der Waals surface area contributed by atoms with Crippen molar-refractivity contribution in [2.75, 3.05) is 0 Å². The van der Waals surface area contributed by atoms with E-state index in [-0.39, 0.29) is 11.9 Å². The molecule has 0 aliphatic rings. The molecule has 3 N–H and O–H groups in total. The van der Waals surface area contributed by atoms with E-state index in [1.807, 2.05) is 6.92 Å². The molecular formula is C13H22N2O2. The molecule has 4 heteroatoms. The number of hydrogen-bond donors (Lipinski definition) is 2. The summed E-state index contributed by atoms with van der Waals surface area (Å²) in [5, 5.41) is 2.96. The number of hydrogen-bond acceptors (Lipinski definition) is 3. The first-order chi connectivity index (χ1) is 8.12. The zero-order chi connectivity index (χ0) is 12.8. The van der Waals surface area contributed by atoms with Gasteiger partial charge in [-0.1, -0.05) is 26.7 Å². The highest BCUT2D eigenvalue weighted by atomic mass is 16.4. The maximum Gasteiger partial charge on any atom is 0.287 e. The van der Waals surface area contributed by atoms with Gasteiger partial charge in [0, 0.05) is 6.04 Å². The predicted molar refractivity (Wildman–Crippen MR) is 67.6 cm³/mol. The van der Waals surface area contributed by atoms with Crippen LogP contribution in [0.2, 0.25) is 0 Å². The summed E-state index contributed by atoms with van der Waals surface area (Å²) in [6, 6.07) is 3.55. The molecule has 1 atom stereocenters. The Kier molecular flexibility index (Phi) is 5.22. The second-order valence-electron chi connectivity index (χ2n) is 4.31. The van der Waals surface area contributed by atoms with Crippen molar-refractivity contribution in [2.24, 2.45) is 11.7 Å². The number of amides is 1. The van der Waals surface area contributed by atoms with E-state index in [1.165, 1.54) is 0 Å². The first kappa shape index (κ1) is 13.8. The van der Waals surface area contributed by atoms with Gasteiger partial charge in [-0.2, -0.15) is 0 Å². The van der Waals surface area contributed by atoms with Crippen LogP contribution in [0.15, 0.2) is 16.5 Å². The Hall–Kier alpha value is -1.29. The van der Waals surface area contributed by atoms with Crippen LogP contribution in [-0.2, 0) is 6.54 Å². The number of nitrogens with one attached hydrogen (secondary N) is 1. The number of furan rings is 1. The molecular weight excluding hydrogens is 216 g/mol. The molecule has 4 nitrogen and oxygen atoms in total. The van der Waals surface area contributed by atoms with Crippen molar-refractivity contribution in [3.8, 4) is 0 Å². The molecule has 0 aromatic carbocycles. The van der Waals surface area contributed by atoms with Crippen LogP contribution < -0.4 is 11.1 Å². The third-order valence-electron chi connectivity index (χ3n) is 3.20. The molecule has 17 heavy (non-hydrogen) atoms. The van der Waals surface area contributed by atoms with E-state index in [4.69, 9.17) is 10.2 Å². The first-order valence-electron chi connectivity index (χ1n) is 6.21. The third kappa shape index (κ3) is 3.60. The molecule has 0 radical (unpaired) electrons. The molecule has 0 aliphatic carbocycles. The van der Waals surface area contributed by atoms with Gasteiger partial charge in [-0.3, -0.25) is 4.79 Å². The summed E-state index contributed by atoms with van der Waals surface area (Å²) in [5.74, 6) is 1.31. The largest absolute Gasteiger partial charge is 0.455 e. The normalized spacial score (nSPS) is 12.8. The van der Waals surface area contributed by atoms with E-state index < -0.39 is 0 Å². The molecule has 0 spiro atoms.